The van der Waals surface area contributed by atoms with Gasteiger partial charge < -0.3 is 0 Å². The maximum Gasteiger partial charge on any atom is 0.159 e. The standard InChI is InChI=1S/C21H23N5/c1-15(2)20-24-12-18-14-26(9-8-19(18)25-20)13-16-10-22-21(23-11-16)17-6-4-3-5-7-17/h3-7,10-12,15H,8-9,13-14H2,1-2H3. The first kappa shape index (κ1) is 16.8. The maximum atomic E-state index is 4.74. The fourth-order valence-corrected chi connectivity index (χ4v) is 3.23. The number of aromatic nitrogens is 4. The van der Waals surface area contributed by atoms with E-state index in [1.165, 1.54) is 11.3 Å². The molecule has 1 aliphatic heterocycles. The van der Waals surface area contributed by atoms with E-state index in [2.05, 4.69) is 33.7 Å². The van der Waals surface area contributed by atoms with Crippen LogP contribution in [0.1, 0.15) is 42.4 Å². The molecule has 0 unspecified atom stereocenters. The van der Waals surface area contributed by atoms with Crippen molar-refractivity contribution in [1.82, 2.24) is 24.8 Å². The van der Waals surface area contributed by atoms with Gasteiger partial charge in [0.1, 0.15) is 5.82 Å². The van der Waals surface area contributed by atoms with Gasteiger partial charge in [-0.3, -0.25) is 4.90 Å². The normalized spacial score (nSPS) is 14.4. The molecule has 0 radical (unpaired) electrons. The summed E-state index contributed by atoms with van der Waals surface area (Å²) in [6, 6.07) is 10.1. The highest BCUT2D eigenvalue weighted by Crippen LogP contribution is 2.21. The monoisotopic (exact) mass is 345 g/mol. The molecule has 1 aliphatic rings. The molecule has 132 valence electrons. The second kappa shape index (κ2) is 7.30. The van der Waals surface area contributed by atoms with Crippen molar-refractivity contribution in [2.24, 2.45) is 0 Å². The van der Waals surface area contributed by atoms with Crippen LogP contribution in [-0.4, -0.2) is 31.4 Å². The van der Waals surface area contributed by atoms with Crippen LogP contribution in [0.15, 0.2) is 48.9 Å². The van der Waals surface area contributed by atoms with Gasteiger partial charge in [-0.05, 0) is 0 Å². The summed E-state index contributed by atoms with van der Waals surface area (Å²) in [4.78, 5) is 20.7. The third kappa shape index (κ3) is 3.63. The van der Waals surface area contributed by atoms with E-state index in [1.807, 2.05) is 48.9 Å². The quantitative estimate of drug-likeness (QED) is 0.723. The Balaban J connectivity index is 1.44. The molecule has 0 saturated heterocycles. The number of nitrogens with zero attached hydrogens (tertiary/aromatic N) is 5. The van der Waals surface area contributed by atoms with Gasteiger partial charge in [-0.1, -0.05) is 44.2 Å². The van der Waals surface area contributed by atoms with Crippen LogP contribution < -0.4 is 0 Å². The van der Waals surface area contributed by atoms with Gasteiger partial charge in [0.05, 0.1) is 0 Å². The van der Waals surface area contributed by atoms with Gasteiger partial charge in [-0.2, -0.15) is 0 Å². The summed E-state index contributed by atoms with van der Waals surface area (Å²) in [6.07, 6.45) is 6.84. The van der Waals surface area contributed by atoms with Crippen LogP contribution in [0.3, 0.4) is 0 Å². The summed E-state index contributed by atoms with van der Waals surface area (Å²) in [6.45, 7) is 7.00. The molecule has 3 heterocycles. The van der Waals surface area contributed by atoms with Crippen LogP contribution in [-0.2, 0) is 19.5 Å². The molecule has 1 aromatic carbocycles. The lowest BCUT2D eigenvalue weighted by Crippen LogP contribution is -2.31. The minimum atomic E-state index is 0.374. The molecule has 0 saturated carbocycles. The van der Waals surface area contributed by atoms with Crippen molar-refractivity contribution < 1.29 is 0 Å². The lowest BCUT2D eigenvalue weighted by Gasteiger charge is -2.28. The molecule has 3 aromatic rings. The zero-order chi connectivity index (χ0) is 17.9. The van der Waals surface area contributed by atoms with E-state index in [9.17, 15) is 0 Å². The second-order valence-electron chi connectivity index (χ2n) is 7.10. The summed E-state index contributed by atoms with van der Waals surface area (Å²) < 4.78 is 0. The fourth-order valence-electron chi connectivity index (χ4n) is 3.23. The average Bonchev–Trinajstić information content (AvgIpc) is 2.69. The topological polar surface area (TPSA) is 54.8 Å². The van der Waals surface area contributed by atoms with Crippen LogP contribution in [0, 0.1) is 0 Å². The van der Waals surface area contributed by atoms with E-state index in [0.717, 1.165) is 48.8 Å². The maximum absolute atomic E-state index is 4.74. The third-order valence-electron chi connectivity index (χ3n) is 4.69. The number of rotatable bonds is 4. The minimum absolute atomic E-state index is 0.374. The first-order valence-electron chi connectivity index (χ1n) is 9.12. The summed E-state index contributed by atoms with van der Waals surface area (Å²) in [5.41, 5.74) is 4.62. The van der Waals surface area contributed by atoms with E-state index < -0.39 is 0 Å². The molecule has 4 rings (SSSR count). The van der Waals surface area contributed by atoms with Crippen molar-refractivity contribution in [2.75, 3.05) is 6.54 Å². The van der Waals surface area contributed by atoms with Crippen LogP contribution in [0.25, 0.3) is 11.4 Å². The van der Waals surface area contributed by atoms with Gasteiger partial charge in [-0.25, -0.2) is 19.9 Å². The van der Waals surface area contributed by atoms with Gasteiger partial charge >= 0.3 is 0 Å². The lowest BCUT2D eigenvalue weighted by molar-refractivity contribution is 0.242. The molecule has 0 amide bonds. The van der Waals surface area contributed by atoms with Crippen molar-refractivity contribution in [2.45, 2.75) is 39.3 Å². The van der Waals surface area contributed by atoms with Crippen LogP contribution in [0.4, 0.5) is 0 Å². The van der Waals surface area contributed by atoms with Gasteiger partial charge in [-0.15, -0.1) is 0 Å². The van der Waals surface area contributed by atoms with E-state index in [-0.39, 0.29) is 0 Å². The van der Waals surface area contributed by atoms with Crippen LogP contribution in [0.5, 0.6) is 0 Å². The number of hydrogen-bond donors (Lipinski definition) is 0. The van der Waals surface area contributed by atoms with E-state index in [4.69, 9.17) is 4.98 Å². The van der Waals surface area contributed by atoms with Gasteiger partial charge in [0.2, 0.25) is 0 Å². The predicted octanol–water partition coefficient (Wildman–Crippen LogP) is 3.62. The summed E-state index contributed by atoms with van der Waals surface area (Å²) in [5, 5.41) is 0. The molecule has 0 N–H and O–H groups in total. The highest BCUT2D eigenvalue weighted by molar-refractivity contribution is 5.53. The number of hydrogen-bond acceptors (Lipinski definition) is 5. The Morgan fingerprint density at radius 2 is 1.77 bits per heavy atom. The molecule has 5 nitrogen and oxygen atoms in total. The summed E-state index contributed by atoms with van der Waals surface area (Å²) in [7, 11) is 0. The SMILES string of the molecule is CC(C)c1ncc2c(n1)CCN(Cc1cnc(-c3ccccc3)nc1)C2. The van der Waals surface area contributed by atoms with Gasteiger partial charge in [0.25, 0.3) is 0 Å². The Kier molecular flexibility index (Phi) is 4.71. The molecule has 0 spiro atoms. The van der Waals surface area contributed by atoms with Crippen LogP contribution >= 0.6 is 0 Å². The predicted molar refractivity (Wildman–Crippen MR) is 101 cm³/mol. The first-order chi connectivity index (χ1) is 12.7. The van der Waals surface area contributed by atoms with Crippen LogP contribution in [0.2, 0.25) is 0 Å². The van der Waals surface area contributed by atoms with Crippen molar-refractivity contribution in [3.63, 3.8) is 0 Å². The molecular formula is C21H23N5. The van der Waals surface area contributed by atoms with Crippen molar-refractivity contribution in [1.29, 1.82) is 0 Å². The van der Waals surface area contributed by atoms with Crippen molar-refractivity contribution >= 4 is 0 Å². The Morgan fingerprint density at radius 3 is 2.50 bits per heavy atom. The summed E-state index contributed by atoms with van der Waals surface area (Å²) >= 11 is 0. The zero-order valence-corrected chi connectivity index (χ0v) is 15.3. The van der Waals surface area contributed by atoms with Crippen molar-refractivity contribution in [3.05, 3.63) is 71.6 Å². The van der Waals surface area contributed by atoms with E-state index in [1.54, 1.807) is 0 Å². The number of fused-ring (bicyclic) bond motifs is 1. The molecule has 26 heavy (non-hydrogen) atoms. The lowest BCUT2D eigenvalue weighted by atomic mass is 10.1. The highest BCUT2D eigenvalue weighted by atomic mass is 15.1. The minimum Gasteiger partial charge on any atom is -0.294 e. The zero-order valence-electron chi connectivity index (χ0n) is 15.3. The Bertz CT molecular complexity index is 875. The smallest absolute Gasteiger partial charge is 0.159 e. The Labute approximate surface area is 154 Å². The van der Waals surface area contributed by atoms with E-state index in [0.29, 0.717) is 5.92 Å². The molecule has 2 aromatic heterocycles. The molecule has 0 atom stereocenters. The third-order valence-corrected chi connectivity index (χ3v) is 4.69. The molecular weight excluding hydrogens is 322 g/mol. The Hall–Kier alpha value is -2.66. The number of benzene rings is 1. The van der Waals surface area contributed by atoms with Gasteiger partial charge in [0, 0.05) is 72.9 Å². The fraction of sp³-hybridized carbons (Fsp3) is 0.333. The van der Waals surface area contributed by atoms with Crippen molar-refractivity contribution in [3.8, 4) is 11.4 Å². The second-order valence-corrected chi connectivity index (χ2v) is 7.10. The van der Waals surface area contributed by atoms with E-state index >= 15 is 0 Å². The molecule has 0 aliphatic carbocycles. The molecule has 0 fully saturated rings. The first-order valence-corrected chi connectivity index (χ1v) is 9.12. The Morgan fingerprint density at radius 1 is 1.00 bits per heavy atom. The molecule has 5 heteroatoms. The average molecular weight is 345 g/mol. The highest BCUT2D eigenvalue weighted by Gasteiger charge is 2.19. The summed E-state index contributed by atoms with van der Waals surface area (Å²) in [5.74, 6) is 2.09. The largest absolute Gasteiger partial charge is 0.294 e. The van der Waals surface area contributed by atoms with Gasteiger partial charge in [0.15, 0.2) is 5.82 Å². The molecule has 0 bridgehead atoms.